The van der Waals surface area contributed by atoms with Crippen molar-refractivity contribution in [3.05, 3.63) is 105 Å². The Kier molecular flexibility index (Phi) is 6.92. The molecule has 0 saturated heterocycles. The number of benzene rings is 3. The number of alkyl halides is 3. The third kappa shape index (κ3) is 5.52. The smallest absolute Gasteiger partial charge is 0.347 e. The average molecular weight is 518 g/mol. The van der Waals surface area contributed by atoms with Gasteiger partial charge in [-0.1, -0.05) is 47.5 Å². The molecule has 1 aromatic heterocycles. The van der Waals surface area contributed by atoms with Crippen molar-refractivity contribution < 1.29 is 18.0 Å². The Morgan fingerprint density at radius 2 is 1.71 bits per heavy atom. The van der Waals surface area contributed by atoms with Crippen molar-refractivity contribution in [1.82, 2.24) is 15.1 Å². The van der Waals surface area contributed by atoms with Gasteiger partial charge in [-0.05, 0) is 73.0 Å². The molecule has 35 heavy (non-hydrogen) atoms. The number of aromatic nitrogens is 2. The summed E-state index contributed by atoms with van der Waals surface area (Å²) < 4.78 is 40.5. The molecule has 0 radical (unpaired) electrons. The van der Waals surface area contributed by atoms with Crippen LogP contribution in [0, 0.1) is 13.8 Å². The van der Waals surface area contributed by atoms with Crippen molar-refractivity contribution in [2.24, 2.45) is 0 Å². The number of aryl methyl sites for hydroxylation is 2. The van der Waals surface area contributed by atoms with Crippen LogP contribution in [0.25, 0.3) is 16.9 Å². The van der Waals surface area contributed by atoms with E-state index in [9.17, 15) is 18.0 Å². The van der Waals surface area contributed by atoms with Crippen LogP contribution in [-0.2, 0) is 12.7 Å². The monoisotopic (exact) mass is 517 g/mol. The second kappa shape index (κ2) is 9.76. The van der Waals surface area contributed by atoms with E-state index in [1.807, 2.05) is 32.0 Å². The number of nitrogens with one attached hydrogen (secondary N) is 1. The van der Waals surface area contributed by atoms with E-state index in [-0.39, 0.29) is 12.2 Å². The molecule has 3 aromatic carbocycles. The molecule has 4 nitrogen and oxygen atoms in total. The van der Waals surface area contributed by atoms with Crippen LogP contribution < -0.4 is 5.32 Å². The van der Waals surface area contributed by atoms with E-state index >= 15 is 0 Å². The lowest BCUT2D eigenvalue weighted by molar-refractivity contribution is -0.137. The summed E-state index contributed by atoms with van der Waals surface area (Å²) in [7, 11) is 0. The summed E-state index contributed by atoms with van der Waals surface area (Å²) in [6, 6.07) is 17.2. The summed E-state index contributed by atoms with van der Waals surface area (Å²) in [5.41, 5.74) is 3.83. The van der Waals surface area contributed by atoms with E-state index < -0.39 is 17.6 Å². The van der Waals surface area contributed by atoms with Crippen LogP contribution in [0.15, 0.2) is 66.7 Å². The number of carbonyl (C=O) groups excluding carboxylic acids is 1. The molecule has 1 N–H and O–H groups in total. The van der Waals surface area contributed by atoms with Crippen molar-refractivity contribution in [3.63, 3.8) is 0 Å². The first-order chi connectivity index (χ1) is 16.5. The number of amides is 1. The molecule has 0 spiro atoms. The Hall–Kier alpha value is -3.29. The molecule has 1 heterocycles. The highest BCUT2D eigenvalue weighted by Gasteiger charge is 2.30. The summed E-state index contributed by atoms with van der Waals surface area (Å²) >= 11 is 12.2. The Morgan fingerprint density at radius 1 is 0.943 bits per heavy atom. The van der Waals surface area contributed by atoms with Crippen LogP contribution in [0.3, 0.4) is 0 Å². The second-order valence-electron chi connectivity index (χ2n) is 8.10. The minimum absolute atomic E-state index is 0.0890. The molecule has 0 aliphatic carbocycles. The van der Waals surface area contributed by atoms with E-state index in [4.69, 9.17) is 23.2 Å². The summed E-state index contributed by atoms with van der Waals surface area (Å²) in [4.78, 5) is 13.2. The second-order valence-corrected chi connectivity index (χ2v) is 8.92. The minimum atomic E-state index is -4.46. The molecule has 0 aliphatic heterocycles. The van der Waals surface area contributed by atoms with Gasteiger partial charge in [-0.25, -0.2) is 4.68 Å². The number of nitrogens with zero attached hydrogens (tertiary/aromatic N) is 2. The molecule has 0 atom stereocenters. The first kappa shape index (κ1) is 24.8. The highest BCUT2D eigenvalue weighted by Crippen LogP contribution is 2.30. The van der Waals surface area contributed by atoms with Crippen LogP contribution >= 0.6 is 23.2 Å². The average Bonchev–Trinajstić information content (AvgIpc) is 3.26. The molecule has 180 valence electrons. The Labute approximate surface area is 210 Å². The fourth-order valence-electron chi connectivity index (χ4n) is 3.53. The zero-order valence-corrected chi connectivity index (χ0v) is 20.3. The summed E-state index contributed by atoms with van der Waals surface area (Å²) in [5, 5.41) is 7.96. The van der Waals surface area contributed by atoms with Gasteiger partial charge in [-0.15, -0.1) is 0 Å². The van der Waals surface area contributed by atoms with Gasteiger partial charge in [-0.3, -0.25) is 4.79 Å². The maximum Gasteiger partial charge on any atom is 0.416 e. The maximum atomic E-state index is 13.2. The zero-order chi connectivity index (χ0) is 25.3. The van der Waals surface area contributed by atoms with Crippen LogP contribution in [0.4, 0.5) is 13.2 Å². The highest BCUT2D eigenvalue weighted by atomic mass is 35.5. The van der Waals surface area contributed by atoms with Gasteiger partial charge in [0.2, 0.25) is 0 Å². The Morgan fingerprint density at radius 3 is 2.40 bits per heavy atom. The minimum Gasteiger partial charge on any atom is -0.347 e. The van der Waals surface area contributed by atoms with Crippen LogP contribution in [0.5, 0.6) is 0 Å². The maximum absolute atomic E-state index is 13.2. The lowest BCUT2D eigenvalue weighted by Crippen LogP contribution is -2.25. The molecule has 4 rings (SSSR count). The largest absolute Gasteiger partial charge is 0.416 e. The van der Waals surface area contributed by atoms with Gasteiger partial charge in [0.15, 0.2) is 0 Å². The topological polar surface area (TPSA) is 46.9 Å². The van der Waals surface area contributed by atoms with Gasteiger partial charge in [0.25, 0.3) is 5.91 Å². The first-order valence-corrected chi connectivity index (χ1v) is 11.4. The standard InChI is InChI=1S/C26H20Cl2F3N3O/c1-15-6-7-18(10-16(15)2)23-13-24(34(33-23)20-8-9-21(27)22(28)12-20)25(35)32-14-17-4-3-5-19(11-17)26(29,30)31/h3-13H,14H2,1-2H3,(H,32,35). The number of hydrogen-bond donors (Lipinski definition) is 1. The van der Waals surface area contributed by atoms with E-state index in [1.165, 1.54) is 16.8 Å². The van der Waals surface area contributed by atoms with Gasteiger partial charge < -0.3 is 5.32 Å². The third-order valence-electron chi connectivity index (χ3n) is 5.60. The van der Waals surface area contributed by atoms with Crippen molar-refractivity contribution in [1.29, 1.82) is 0 Å². The molecular weight excluding hydrogens is 498 g/mol. The summed E-state index contributed by atoms with van der Waals surface area (Å²) in [5.74, 6) is -0.504. The molecule has 0 saturated carbocycles. The first-order valence-electron chi connectivity index (χ1n) is 10.6. The van der Waals surface area contributed by atoms with Crippen LogP contribution in [0.1, 0.15) is 32.7 Å². The quantitative estimate of drug-likeness (QED) is 0.299. The number of carbonyl (C=O) groups is 1. The van der Waals surface area contributed by atoms with E-state index in [2.05, 4.69) is 10.4 Å². The van der Waals surface area contributed by atoms with Gasteiger partial charge in [0.05, 0.1) is 27.0 Å². The SMILES string of the molecule is Cc1ccc(-c2cc(C(=O)NCc3cccc(C(F)(F)F)c3)n(-c3ccc(Cl)c(Cl)c3)n2)cc1C. The number of hydrogen-bond acceptors (Lipinski definition) is 2. The normalized spacial score (nSPS) is 11.5. The predicted octanol–water partition coefficient (Wildman–Crippen LogP) is 7.41. The molecule has 1 amide bonds. The molecule has 9 heteroatoms. The fraction of sp³-hybridized carbons (Fsp3) is 0.154. The molecular formula is C26H20Cl2F3N3O. The van der Waals surface area contributed by atoms with Gasteiger partial charge >= 0.3 is 6.18 Å². The molecule has 0 bridgehead atoms. The molecule has 0 unspecified atom stereocenters. The number of rotatable bonds is 5. The molecule has 4 aromatic rings. The van der Waals surface area contributed by atoms with Crippen molar-refractivity contribution in [3.8, 4) is 16.9 Å². The van der Waals surface area contributed by atoms with E-state index in [0.29, 0.717) is 27.0 Å². The van der Waals surface area contributed by atoms with E-state index in [0.717, 1.165) is 28.8 Å². The fourth-order valence-corrected chi connectivity index (χ4v) is 3.82. The lowest BCUT2D eigenvalue weighted by atomic mass is 10.0. The van der Waals surface area contributed by atoms with Crippen LogP contribution in [0.2, 0.25) is 10.0 Å². The summed E-state index contributed by atoms with van der Waals surface area (Å²) in [6.07, 6.45) is -4.46. The van der Waals surface area contributed by atoms with Crippen molar-refractivity contribution in [2.75, 3.05) is 0 Å². The number of halogens is 5. The molecule has 0 fully saturated rings. The highest BCUT2D eigenvalue weighted by molar-refractivity contribution is 6.42. The Bertz CT molecular complexity index is 1410. The predicted molar refractivity (Wildman–Crippen MR) is 131 cm³/mol. The van der Waals surface area contributed by atoms with Gasteiger partial charge in [-0.2, -0.15) is 18.3 Å². The van der Waals surface area contributed by atoms with Crippen LogP contribution in [-0.4, -0.2) is 15.7 Å². The lowest BCUT2D eigenvalue weighted by Gasteiger charge is -2.11. The zero-order valence-electron chi connectivity index (χ0n) is 18.8. The van der Waals surface area contributed by atoms with Gasteiger partial charge in [0.1, 0.15) is 5.69 Å². The van der Waals surface area contributed by atoms with Crippen molar-refractivity contribution in [2.45, 2.75) is 26.6 Å². The van der Waals surface area contributed by atoms with E-state index in [1.54, 1.807) is 24.3 Å². The van der Waals surface area contributed by atoms with Gasteiger partial charge in [0, 0.05) is 12.1 Å². The third-order valence-corrected chi connectivity index (χ3v) is 6.34. The summed E-state index contributed by atoms with van der Waals surface area (Å²) in [6.45, 7) is 3.89. The Balaban J connectivity index is 1.69. The molecule has 0 aliphatic rings. The van der Waals surface area contributed by atoms with Crippen molar-refractivity contribution >= 4 is 29.1 Å².